The summed E-state index contributed by atoms with van der Waals surface area (Å²) in [5, 5.41) is 20.0. The summed E-state index contributed by atoms with van der Waals surface area (Å²) in [5.41, 5.74) is 8.07. The van der Waals surface area contributed by atoms with Gasteiger partial charge in [-0.25, -0.2) is 0 Å². The number of hydrogen-bond donors (Lipinski definition) is 3. The summed E-state index contributed by atoms with van der Waals surface area (Å²) in [6.45, 7) is 9.27. The summed E-state index contributed by atoms with van der Waals surface area (Å²) >= 11 is 0. The number of aliphatic hydroxyl groups is 1. The second kappa shape index (κ2) is 5.59. The number of nitrogens with two attached hydrogens (primary N) is 1. The molecular weight excluding hydrogens is 252 g/mol. The number of aryl methyl sites for hydroxylation is 1. The smallest absolute Gasteiger partial charge is 0.139 e. The summed E-state index contributed by atoms with van der Waals surface area (Å²) in [7, 11) is 3.69. The Kier molecular flexibility index (Phi) is 4.50. The van der Waals surface area contributed by atoms with Crippen LogP contribution in [0.25, 0.3) is 6.08 Å². The van der Waals surface area contributed by atoms with Gasteiger partial charge in [0.25, 0.3) is 0 Å². The molecule has 0 aliphatic carbocycles. The van der Waals surface area contributed by atoms with Crippen LogP contribution in [0.15, 0.2) is 30.0 Å². The van der Waals surface area contributed by atoms with Crippen LogP contribution >= 0.6 is 0 Å². The fourth-order valence-corrected chi connectivity index (χ4v) is 1.78. The maximum absolute atomic E-state index is 10.1. The zero-order valence-corrected chi connectivity index (χ0v) is 12.9. The van der Waals surface area contributed by atoms with Crippen LogP contribution in [0.3, 0.4) is 0 Å². The summed E-state index contributed by atoms with van der Waals surface area (Å²) in [4.78, 5) is 1.81. The first-order valence-corrected chi connectivity index (χ1v) is 6.44. The van der Waals surface area contributed by atoms with Crippen molar-refractivity contribution < 1.29 is 10.2 Å². The van der Waals surface area contributed by atoms with E-state index in [0.29, 0.717) is 11.3 Å². The molecule has 0 amide bonds. The lowest BCUT2D eigenvalue weighted by atomic mass is 9.93. The lowest BCUT2D eigenvalue weighted by Crippen LogP contribution is -2.34. The molecule has 4 N–H and O–H groups in total. The highest BCUT2D eigenvalue weighted by Gasteiger charge is 2.19. The maximum Gasteiger partial charge on any atom is 0.139 e. The van der Waals surface area contributed by atoms with Crippen molar-refractivity contribution >= 4 is 11.8 Å². The summed E-state index contributed by atoms with van der Waals surface area (Å²) in [6.07, 6.45) is 1.62. The molecule has 1 aromatic rings. The van der Waals surface area contributed by atoms with Crippen molar-refractivity contribution in [3.63, 3.8) is 0 Å². The van der Waals surface area contributed by atoms with Crippen LogP contribution < -0.4 is 10.6 Å². The first-order chi connectivity index (χ1) is 9.04. The molecule has 1 aromatic carbocycles. The Hall–Kier alpha value is -1.94. The van der Waals surface area contributed by atoms with Crippen LogP contribution in [0.1, 0.15) is 25.0 Å². The Bertz CT molecular complexity index is 552. The Morgan fingerprint density at radius 2 is 1.90 bits per heavy atom. The number of rotatable bonds is 4. The molecule has 1 rings (SSSR count). The first kappa shape index (κ1) is 16.1. The third kappa shape index (κ3) is 3.54. The number of phenolic OH excluding ortho intramolecular Hbond substituents is 1. The van der Waals surface area contributed by atoms with Gasteiger partial charge in [-0.3, -0.25) is 0 Å². The van der Waals surface area contributed by atoms with E-state index >= 15 is 0 Å². The highest BCUT2D eigenvalue weighted by molar-refractivity contribution is 5.69. The number of phenols is 1. The van der Waals surface area contributed by atoms with Gasteiger partial charge in [0.2, 0.25) is 0 Å². The van der Waals surface area contributed by atoms with Crippen molar-refractivity contribution in [2.24, 2.45) is 5.73 Å². The number of aromatic hydroxyl groups is 1. The van der Waals surface area contributed by atoms with E-state index in [1.165, 1.54) is 0 Å². The Balaban J connectivity index is 3.28. The molecule has 0 saturated carbocycles. The number of nitrogens with zero attached hydrogens (tertiary/aromatic N) is 1. The second-order valence-electron chi connectivity index (χ2n) is 5.82. The van der Waals surface area contributed by atoms with Crippen LogP contribution in [0.4, 0.5) is 5.69 Å². The third-order valence-electron chi connectivity index (χ3n) is 3.22. The second-order valence-corrected chi connectivity index (χ2v) is 5.82. The SMILES string of the molecule is C=C(/C(O)=C\c1cc(N(C)C)c(O)cc1C)C(C)(C)N. The fourth-order valence-electron chi connectivity index (χ4n) is 1.78. The summed E-state index contributed by atoms with van der Waals surface area (Å²) in [5.74, 6) is 0.262. The van der Waals surface area contributed by atoms with E-state index in [0.717, 1.165) is 11.1 Å². The predicted molar refractivity (Wildman–Crippen MR) is 85.2 cm³/mol. The molecule has 0 aliphatic rings. The topological polar surface area (TPSA) is 69.7 Å². The molecule has 0 unspecified atom stereocenters. The van der Waals surface area contributed by atoms with Gasteiger partial charge in [0.05, 0.1) is 5.69 Å². The van der Waals surface area contributed by atoms with E-state index in [2.05, 4.69) is 6.58 Å². The number of hydrogen-bond acceptors (Lipinski definition) is 4. The molecular formula is C16H24N2O2. The molecule has 0 atom stereocenters. The molecule has 4 heteroatoms. The van der Waals surface area contributed by atoms with Crippen molar-refractivity contribution in [1.82, 2.24) is 0 Å². The van der Waals surface area contributed by atoms with Gasteiger partial charge in [0.15, 0.2) is 0 Å². The van der Waals surface area contributed by atoms with Gasteiger partial charge in [0.1, 0.15) is 11.5 Å². The zero-order valence-electron chi connectivity index (χ0n) is 12.9. The van der Waals surface area contributed by atoms with Gasteiger partial charge in [-0.1, -0.05) is 6.58 Å². The van der Waals surface area contributed by atoms with Crippen molar-refractivity contribution in [3.05, 3.63) is 41.2 Å². The molecule has 0 saturated heterocycles. The van der Waals surface area contributed by atoms with E-state index in [1.54, 1.807) is 26.0 Å². The lowest BCUT2D eigenvalue weighted by molar-refractivity contribution is 0.406. The van der Waals surface area contributed by atoms with Crippen molar-refractivity contribution in [3.8, 4) is 5.75 Å². The van der Waals surface area contributed by atoms with Gasteiger partial charge in [-0.05, 0) is 50.1 Å². The lowest BCUT2D eigenvalue weighted by Gasteiger charge is -2.21. The zero-order chi connectivity index (χ0) is 15.7. The molecule has 110 valence electrons. The van der Waals surface area contributed by atoms with E-state index in [9.17, 15) is 10.2 Å². The normalized spacial score (nSPS) is 12.4. The van der Waals surface area contributed by atoms with Gasteiger partial charge in [-0.2, -0.15) is 0 Å². The van der Waals surface area contributed by atoms with Crippen LogP contribution in [0.2, 0.25) is 0 Å². The predicted octanol–water partition coefficient (Wildman–Crippen LogP) is 2.96. The minimum atomic E-state index is -0.685. The van der Waals surface area contributed by atoms with Crippen LogP contribution in [0.5, 0.6) is 5.75 Å². The molecule has 0 radical (unpaired) electrons. The van der Waals surface area contributed by atoms with Crippen LogP contribution in [-0.2, 0) is 0 Å². The highest BCUT2D eigenvalue weighted by atomic mass is 16.3. The minimum Gasteiger partial charge on any atom is -0.508 e. The average molecular weight is 276 g/mol. The molecule has 0 heterocycles. The van der Waals surface area contributed by atoms with Gasteiger partial charge >= 0.3 is 0 Å². The number of benzene rings is 1. The average Bonchev–Trinajstić information content (AvgIpc) is 2.29. The van der Waals surface area contributed by atoms with Crippen LogP contribution in [0, 0.1) is 6.92 Å². The Morgan fingerprint density at radius 1 is 1.35 bits per heavy atom. The van der Waals surface area contributed by atoms with E-state index in [-0.39, 0.29) is 11.5 Å². The van der Waals surface area contributed by atoms with Gasteiger partial charge < -0.3 is 20.8 Å². The van der Waals surface area contributed by atoms with Crippen LogP contribution in [-0.4, -0.2) is 29.8 Å². The van der Waals surface area contributed by atoms with Gasteiger partial charge in [-0.15, -0.1) is 0 Å². The fraction of sp³-hybridized carbons (Fsp3) is 0.375. The van der Waals surface area contributed by atoms with Crippen molar-refractivity contribution in [2.75, 3.05) is 19.0 Å². The van der Waals surface area contributed by atoms with E-state index in [4.69, 9.17) is 5.73 Å². The van der Waals surface area contributed by atoms with E-state index in [1.807, 2.05) is 32.0 Å². The Labute approximate surface area is 120 Å². The third-order valence-corrected chi connectivity index (χ3v) is 3.22. The molecule has 20 heavy (non-hydrogen) atoms. The molecule has 0 spiro atoms. The van der Waals surface area contributed by atoms with Crippen molar-refractivity contribution in [1.29, 1.82) is 0 Å². The quantitative estimate of drug-likeness (QED) is 0.584. The maximum atomic E-state index is 10.1. The standard InChI is InChI=1S/C16H24N2O2/c1-10-7-15(20)13(18(5)6)8-12(10)9-14(19)11(2)16(3,4)17/h7-9,19-20H,2,17H2,1,3-6H3/b14-9+. The summed E-state index contributed by atoms with van der Waals surface area (Å²) in [6, 6.07) is 3.49. The summed E-state index contributed by atoms with van der Waals surface area (Å²) < 4.78 is 0. The van der Waals surface area contributed by atoms with E-state index < -0.39 is 5.54 Å². The molecule has 0 aliphatic heterocycles. The Morgan fingerprint density at radius 3 is 2.35 bits per heavy atom. The number of aliphatic hydroxyl groups excluding tert-OH is 1. The van der Waals surface area contributed by atoms with Gasteiger partial charge in [0, 0.05) is 25.2 Å². The monoisotopic (exact) mass is 276 g/mol. The molecule has 0 bridgehead atoms. The van der Waals surface area contributed by atoms with Crippen molar-refractivity contribution in [2.45, 2.75) is 26.3 Å². The largest absolute Gasteiger partial charge is 0.508 e. The highest BCUT2D eigenvalue weighted by Crippen LogP contribution is 2.31. The molecule has 4 nitrogen and oxygen atoms in total. The minimum absolute atomic E-state index is 0.0518. The molecule has 0 aromatic heterocycles. The number of anilines is 1. The first-order valence-electron chi connectivity index (χ1n) is 6.44. The molecule has 0 fully saturated rings.